The summed E-state index contributed by atoms with van der Waals surface area (Å²) in [5.41, 5.74) is 1.10. The van der Waals surface area contributed by atoms with Gasteiger partial charge in [-0.15, -0.1) is 10.2 Å². The lowest BCUT2D eigenvalue weighted by molar-refractivity contribution is -0.133. The van der Waals surface area contributed by atoms with Crippen molar-refractivity contribution >= 4 is 40.1 Å². The highest BCUT2D eigenvalue weighted by molar-refractivity contribution is 8.01. The second-order valence-corrected chi connectivity index (χ2v) is 6.29. The second-order valence-electron chi connectivity index (χ2n) is 4.09. The molecule has 1 aromatic carbocycles. The highest BCUT2D eigenvalue weighted by Crippen LogP contribution is 2.25. The number of hydrogen-bond acceptors (Lipinski definition) is 6. The van der Waals surface area contributed by atoms with Gasteiger partial charge in [0.05, 0.1) is 5.75 Å². The summed E-state index contributed by atoms with van der Waals surface area (Å²) in [5, 5.41) is 19.3. The summed E-state index contributed by atoms with van der Waals surface area (Å²) >= 11 is 2.25. The summed E-state index contributed by atoms with van der Waals surface area (Å²) in [6, 6.07) is 9.74. The van der Waals surface area contributed by atoms with Crippen molar-refractivity contribution in [1.82, 2.24) is 10.2 Å². The van der Waals surface area contributed by atoms with E-state index in [0.717, 1.165) is 17.3 Å². The van der Waals surface area contributed by atoms with Gasteiger partial charge in [0.1, 0.15) is 0 Å². The molecule has 21 heavy (non-hydrogen) atoms. The third-order valence-corrected chi connectivity index (χ3v) is 4.41. The number of carboxylic acids is 1. The summed E-state index contributed by atoms with van der Waals surface area (Å²) in [5.74, 6) is -1.12. The summed E-state index contributed by atoms with van der Waals surface area (Å²) in [6.45, 7) is 0. The molecule has 1 aromatic heterocycles. The van der Waals surface area contributed by atoms with Gasteiger partial charge in [0.15, 0.2) is 4.34 Å². The number of nitrogens with zero attached hydrogens (tertiary/aromatic N) is 2. The Labute approximate surface area is 129 Å². The number of nitrogens with one attached hydrogen (secondary N) is 1. The van der Waals surface area contributed by atoms with Gasteiger partial charge in [0, 0.05) is 6.42 Å². The molecule has 1 heterocycles. The SMILES string of the molecule is O=C(O)CSc1nnc(NC(=O)CCc2ccccc2)s1. The van der Waals surface area contributed by atoms with Crippen LogP contribution in [0.4, 0.5) is 5.13 Å². The molecular weight excluding hydrogens is 310 g/mol. The van der Waals surface area contributed by atoms with Crippen molar-refractivity contribution in [3.05, 3.63) is 35.9 Å². The van der Waals surface area contributed by atoms with Crippen molar-refractivity contribution in [2.45, 2.75) is 17.2 Å². The molecule has 0 aliphatic heterocycles. The van der Waals surface area contributed by atoms with E-state index < -0.39 is 5.97 Å². The summed E-state index contributed by atoms with van der Waals surface area (Å²) in [6.07, 6.45) is 1.02. The molecular formula is C13H13N3O3S2. The fraction of sp³-hybridized carbons (Fsp3) is 0.231. The van der Waals surface area contributed by atoms with Crippen LogP contribution in [0.25, 0.3) is 0 Å². The van der Waals surface area contributed by atoms with Crippen molar-refractivity contribution in [2.24, 2.45) is 0 Å². The second kappa shape index (κ2) is 7.75. The average Bonchev–Trinajstić information content (AvgIpc) is 2.91. The van der Waals surface area contributed by atoms with Crippen LogP contribution in [0.1, 0.15) is 12.0 Å². The van der Waals surface area contributed by atoms with Gasteiger partial charge in [0.2, 0.25) is 11.0 Å². The van der Waals surface area contributed by atoms with E-state index in [1.165, 1.54) is 11.3 Å². The molecule has 0 saturated carbocycles. The minimum absolute atomic E-state index is 0.0728. The molecule has 0 aliphatic carbocycles. The van der Waals surface area contributed by atoms with E-state index in [2.05, 4.69) is 15.5 Å². The van der Waals surface area contributed by atoms with Crippen molar-refractivity contribution in [3.63, 3.8) is 0 Å². The normalized spacial score (nSPS) is 10.3. The first-order chi connectivity index (χ1) is 10.1. The number of aryl methyl sites for hydroxylation is 1. The van der Waals surface area contributed by atoms with Crippen LogP contribution in [0.3, 0.4) is 0 Å². The van der Waals surface area contributed by atoms with Gasteiger partial charge >= 0.3 is 5.97 Å². The van der Waals surface area contributed by atoms with Crippen LogP contribution >= 0.6 is 23.1 Å². The van der Waals surface area contributed by atoms with Crippen LogP contribution < -0.4 is 5.32 Å². The number of hydrogen-bond donors (Lipinski definition) is 2. The molecule has 0 atom stereocenters. The maximum absolute atomic E-state index is 11.8. The molecule has 110 valence electrons. The number of carbonyl (C=O) groups excluding carboxylic acids is 1. The molecule has 0 spiro atoms. The van der Waals surface area contributed by atoms with E-state index in [9.17, 15) is 9.59 Å². The number of carboxylic acid groups (broad SMARTS) is 1. The first kappa shape index (κ1) is 15.5. The van der Waals surface area contributed by atoms with Gasteiger partial charge in [0.25, 0.3) is 0 Å². The van der Waals surface area contributed by atoms with Crippen LogP contribution in [0.15, 0.2) is 34.7 Å². The van der Waals surface area contributed by atoms with Crippen molar-refractivity contribution in [3.8, 4) is 0 Å². The Morgan fingerprint density at radius 1 is 1.24 bits per heavy atom. The maximum atomic E-state index is 11.8. The van der Waals surface area contributed by atoms with Crippen LogP contribution in [0.5, 0.6) is 0 Å². The first-order valence-corrected chi connectivity index (χ1v) is 7.95. The molecule has 2 N–H and O–H groups in total. The van der Waals surface area contributed by atoms with Crippen molar-refractivity contribution in [1.29, 1.82) is 0 Å². The Morgan fingerprint density at radius 2 is 2.00 bits per heavy atom. The van der Waals surface area contributed by atoms with Crippen LogP contribution in [-0.4, -0.2) is 32.9 Å². The molecule has 0 fully saturated rings. The first-order valence-electron chi connectivity index (χ1n) is 6.15. The fourth-order valence-corrected chi connectivity index (χ4v) is 3.01. The number of amides is 1. The molecule has 0 bridgehead atoms. The van der Waals surface area contributed by atoms with E-state index >= 15 is 0 Å². The Hall–Kier alpha value is -1.93. The number of carbonyl (C=O) groups is 2. The maximum Gasteiger partial charge on any atom is 0.313 e. The molecule has 0 aliphatic rings. The van der Waals surface area contributed by atoms with Gasteiger partial charge in [-0.25, -0.2) is 0 Å². The smallest absolute Gasteiger partial charge is 0.313 e. The summed E-state index contributed by atoms with van der Waals surface area (Å²) in [4.78, 5) is 22.2. The summed E-state index contributed by atoms with van der Waals surface area (Å²) < 4.78 is 0.524. The molecule has 6 nitrogen and oxygen atoms in total. The number of aliphatic carboxylic acids is 1. The zero-order chi connectivity index (χ0) is 15.1. The summed E-state index contributed by atoms with van der Waals surface area (Å²) in [7, 11) is 0. The van der Waals surface area contributed by atoms with E-state index in [1.807, 2.05) is 30.3 Å². The Bertz CT molecular complexity index is 616. The minimum Gasteiger partial charge on any atom is -0.481 e. The average molecular weight is 323 g/mol. The topological polar surface area (TPSA) is 92.2 Å². The van der Waals surface area contributed by atoms with Crippen LogP contribution in [0.2, 0.25) is 0 Å². The Kier molecular flexibility index (Phi) is 5.70. The third kappa shape index (κ3) is 5.52. The quantitative estimate of drug-likeness (QED) is 0.600. The molecule has 2 aromatic rings. The van der Waals surface area contributed by atoms with Gasteiger partial charge in [-0.3, -0.25) is 9.59 Å². The van der Waals surface area contributed by atoms with Crippen LogP contribution in [-0.2, 0) is 16.0 Å². The monoisotopic (exact) mass is 323 g/mol. The van der Waals surface area contributed by atoms with E-state index in [-0.39, 0.29) is 11.7 Å². The number of anilines is 1. The zero-order valence-corrected chi connectivity index (χ0v) is 12.6. The minimum atomic E-state index is -0.913. The molecule has 2 rings (SSSR count). The zero-order valence-electron chi connectivity index (χ0n) is 11.0. The van der Waals surface area contributed by atoms with Crippen molar-refractivity contribution in [2.75, 3.05) is 11.1 Å². The van der Waals surface area contributed by atoms with Crippen LogP contribution in [0, 0.1) is 0 Å². The number of benzene rings is 1. The van der Waals surface area contributed by atoms with E-state index in [4.69, 9.17) is 5.11 Å². The lowest BCUT2D eigenvalue weighted by Crippen LogP contribution is -2.12. The number of thioether (sulfide) groups is 1. The molecule has 1 amide bonds. The lowest BCUT2D eigenvalue weighted by Gasteiger charge is -2.01. The van der Waals surface area contributed by atoms with E-state index in [1.54, 1.807) is 0 Å². The molecule has 0 unspecified atom stereocenters. The van der Waals surface area contributed by atoms with Gasteiger partial charge in [-0.2, -0.15) is 0 Å². The highest BCUT2D eigenvalue weighted by atomic mass is 32.2. The van der Waals surface area contributed by atoms with Gasteiger partial charge < -0.3 is 10.4 Å². The number of aromatic nitrogens is 2. The predicted octanol–water partition coefficient (Wildman–Crippen LogP) is 2.29. The van der Waals surface area contributed by atoms with Crippen molar-refractivity contribution < 1.29 is 14.7 Å². The predicted molar refractivity (Wildman–Crippen MR) is 81.7 cm³/mol. The Balaban J connectivity index is 1.78. The molecule has 0 saturated heterocycles. The molecule has 0 radical (unpaired) electrons. The lowest BCUT2D eigenvalue weighted by atomic mass is 10.1. The number of rotatable bonds is 7. The third-order valence-electron chi connectivity index (χ3n) is 2.46. The highest BCUT2D eigenvalue weighted by Gasteiger charge is 2.10. The molecule has 8 heteroatoms. The van der Waals surface area contributed by atoms with Gasteiger partial charge in [-0.1, -0.05) is 53.4 Å². The van der Waals surface area contributed by atoms with E-state index in [0.29, 0.717) is 22.3 Å². The largest absolute Gasteiger partial charge is 0.481 e. The fourth-order valence-electron chi connectivity index (χ4n) is 1.53. The Morgan fingerprint density at radius 3 is 2.71 bits per heavy atom. The van der Waals surface area contributed by atoms with Gasteiger partial charge in [-0.05, 0) is 12.0 Å². The standard InChI is InChI=1S/C13H13N3O3S2/c17-10(7-6-9-4-2-1-3-5-9)14-12-15-16-13(21-12)20-8-11(18)19/h1-5H,6-8H2,(H,18,19)(H,14,15,17).